The largest absolute Gasteiger partial charge is 0.272 e. The average molecular weight is 416 g/mol. The summed E-state index contributed by atoms with van der Waals surface area (Å²) in [5.74, 6) is -0.551. The highest BCUT2D eigenvalue weighted by Crippen LogP contribution is 2.21. The number of sulfonamides is 1. The van der Waals surface area contributed by atoms with Crippen LogP contribution < -0.4 is 5.43 Å². The van der Waals surface area contributed by atoms with E-state index in [0.717, 1.165) is 15.1 Å². The molecule has 0 saturated carbocycles. The van der Waals surface area contributed by atoms with Crippen molar-refractivity contribution in [3.05, 3.63) is 77.3 Å². The van der Waals surface area contributed by atoms with Gasteiger partial charge in [-0.2, -0.15) is 9.41 Å². The monoisotopic (exact) mass is 415 g/mol. The van der Waals surface area contributed by atoms with Gasteiger partial charge in [-0.15, -0.1) is 0 Å². The molecule has 1 N–H and O–H groups in total. The number of carbonyl (C=O) groups is 1. The highest BCUT2D eigenvalue weighted by Gasteiger charge is 2.23. The highest BCUT2D eigenvalue weighted by molar-refractivity contribution is 7.89. The Bertz CT molecular complexity index is 1150. The van der Waals surface area contributed by atoms with Crippen molar-refractivity contribution >= 4 is 44.5 Å². The van der Waals surface area contributed by atoms with Crippen molar-refractivity contribution < 1.29 is 13.2 Å². The van der Waals surface area contributed by atoms with Crippen molar-refractivity contribution in [2.75, 3.05) is 13.6 Å². The van der Waals surface area contributed by atoms with Crippen molar-refractivity contribution in [1.82, 2.24) is 9.73 Å². The Kier molecular flexibility index (Phi) is 6.08. The number of rotatable bonds is 6. The maximum Gasteiger partial charge on any atom is 0.255 e. The number of hydrogen-bond acceptors (Lipinski definition) is 4. The Morgan fingerprint density at radius 1 is 1.07 bits per heavy atom. The van der Waals surface area contributed by atoms with E-state index in [-0.39, 0.29) is 11.4 Å². The molecule has 0 saturated heterocycles. The molecule has 6 nitrogen and oxygen atoms in total. The molecule has 0 fully saturated rings. The van der Waals surface area contributed by atoms with Crippen molar-refractivity contribution in [2.24, 2.45) is 5.10 Å². The standard InChI is InChI=1S/C20H18ClN3O3S/c1-24(14-20(25)23-22-13-15-5-4-8-18(21)11-15)28(26,27)19-10-9-16-6-2-3-7-17(16)12-19/h2-13H,14H2,1H3,(H,23,25)/b22-13+. The summed E-state index contributed by atoms with van der Waals surface area (Å²) < 4.78 is 26.5. The molecule has 3 rings (SSSR count). The number of amides is 1. The molecule has 3 aromatic rings. The quantitative estimate of drug-likeness (QED) is 0.495. The van der Waals surface area contributed by atoms with Gasteiger partial charge in [-0.1, -0.05) is 54.1 Å². The van der Waals surface area contributed by atoms with E-state index in [2.05, 4.69) is 10.5 Å². The summed E-state index contributed by atoms with van der Waals surface area (Å²) in [5.41, 5.74) is 3.03. The summed E-state index contributed by atoms with van der Waals surface area (Å²) in [6, 6.07) is 19.3. The predicted octanol–water partition coefficient (Wildman–Crippen LogP) is 3.26. The van der Waals surface area contributed by atoms with Gasteiger partial charge in [-0.3, -0.25) is 4.79 Å². The van der Waals surface area contributed by atoms with Gasteiger partial charge in [-0.05, 0) is 40.6 Å². The lowest BCUT2D eigenvalue weighted by Gasteiger charge is -2.16. The van der Waals surface area contributed by atoms with Crippen LogP contribution in [0.5, 0.6) is 0 Å². The fourth-order valence-electron chi connectivity index (χ4n) is 2.60. The topological polar surface area (TPSA) is 78.8 Å². The molecule has 0 unspecified atom stereocenters. The minimum Gasteiger partial charge on any atom is -0.272 e. The molecule has 0 radical (unpaired) electrons. The van der Waals surface area contributed by atoms with E-state index in [1.54, 1.807) is 36.4 Å². The first-order valence-corrected chi connectivity index (χ1v) is 10.2. The molecule has 144 valence electrons. The van der Waals surface area contributed by atoms with E-state index in [9.17, 15) is 13.2 Å². The molecule has 0 bridgehead atoms. The minimum atomic E-state index is -3.81. The summed E-state index contributed by atoms with van der Waals surface area (Å²) >= 11 is 5.88. The Morgan fingerprint density at radius 3 is 2.57 bits per heavy atom. The molecular weight excluding hydrogens is 398 g/mol. The van der Waals surface area contributed by atoms with Crippen LogP contribution in [0.2, 0.25) is 5.02 Å². The summed E-state index contributed by atoms with van der Waals surface area (Å²) in [5, 5.41) is 6.13. The fraction of sp³-hybridized carbons (Fsp3) is 0.100. The Balaban J connectivity index is 1.66. The van der Waals surface area contributed by atoms with E-state index in [0.29, 0.717) is 10.6 Å². The molecule has 0 atom stereocenters. The van der Waals surface area contributed by atoms with Gasteiger partial charge in [0.2, 0.25) is 10.0 Å². The van der Waals surface area contributed by atoms with Gasteiger partial charge in [0.1, 0.15) is 0 Å². The molecule has 0 heterocycles. The number of carbonyl (C=O) groups excluding carboxylic acids is 1. The molecular formula is C20H18ClN3O3S. The van der Waals surface area contributed by atoms with Gasteiger partial charge >= 0.3 is 0 Å². The SMILES string of the molecule is CN(CC(=O)N/N=C/c1cccc(Cl)c1)S(=O)(=O)c1ccc2ccccc2c1. The lowest BCUT2D eigenvalue weighted by molar-refractivity contribution is -0.121. The molecule has 0 spiro atoms. The summed E-state index contributed by atoms with van der Waals surface area (Å²) in [4.78, 5) is 12.2. The highest BCUT2D eigenvalue weighted by atomic mass is 35.5. The lowest BCUT2D eigenvalue weighted by atomic mass is 10.1. The second-order valence-electron chi connectivity index (χ2n) is 6.12. The summed E-state index contributed by atoms with van der Waals surface area (Å²) in [7, 11) is -2.45. The molecule has 0 aliphatic heterocycles. The van der Waals surface area contributed by atoms with Crippen molar-refractivity contribution in [1.29, 1.82) is 0 Å². The zero-order valence-corrected chi connectivity index (χ0v) is 16.6. The second kappa shape index (κ2) is 8.52. The van der Waals surface area contributed by atoms with Gasteiger partial charge in [0, 0.05) is 12.1 Å². The fourth-order valence-corrected chi connectivity index (χ4v) is 3.96. The van der Waals surface area contributed by atoms with E-state index < -0.39 is 15.9 Å². The van der Waals surface area contributed by atoms with Crippen LogP contribution in [0.15, 0.2) is 76.7 Å². The van der Waals surface area contributed by atoms with Crippen LogP contribution >= 0.6 is 11.6 Å². The maximum absolute atomic E-state index is 12.7. The number of hydrogen-bond donors (Lipinski definition) is 1. The Labute approximate surface area is 168 Å². The first kappa shape index (κ1) is 20.0. The molecule has 0 aliphatic rings. The van der Waals surface area contributed by atoms with Crippen LogP contribution in [0, 0.1) is 0 Å². The third-order valence-corrected chi connectivity index (χ3v) is 6.08. The summed E-state index contributed by atoms with van der Waals surface area (Å²) in [6.07, 6.45) is 1.43. The predicted molar refractivity (Wildman–Crippen MR) is 111 cm³/mol. The number of nitrogens with zero attached hydrogens (tertiary/aromatic N) is 2. The van der Waals surface area contributed by atoms with Crippen molar-refractivity contribution in [3.63, 3.8) is 0 Å². The maximum atomic E-state index is 12.7. The Morgan fingerprint density at radius 2 is 1.82 bits per heavy atom. The Hall–Kier alpha value is -2.74. The van der Waals surface area contributed by atoms with Gasteiger partial charge in [0.15, 0.2) is 0 Å². The minimum absolute atomic E-state index is 0.129. The number of nitrogens with one attached hydrogen (secondary N) is 1. The zero-order chi connectivity index (χ0) is 20.1. The zero-order valence-electron chi connectivity index (χ0n) is 15.0. The third-order valence-electron chi connectivity index (χ3n) is 4.05. The average Bonchev–Trinajstić information content (AvgIpc) is 2.67. The van der Waals surface area contributed by atoms with Crippen LogP contribution in [0.1, 0.15) is 5.56 Å². The molecule has 3 aromatic carbocycles. The molecule has 1 amide bonds. The van der Waals surface area contributed by atoms with Gasteiger partial charge in [0.25, 0.3) is 5.91 Å². The molecule has 0 aromatic heterocycles. The van der Waals surface area contributed by atoms with Crippen LogP contribution in [0.3, 0.4) is 0 Å². The van der Waals surface area contributed by atoms with Crippen LogP contribution in [-0.4, -0.2) is 38.4 Å². The lowest BCUT2D eigenvalue weighted by Crippen LogP contribution is -2.36. The van der Waals surface area contributed by atoms with Crippen molar-refractivity contribution in [3.8, 4) is 0 Å². The number of likely N-dealkylation sites (N-methyl/N-ethyl adjacent to an activating group) is 1. The van der Waals surface area contributed by atoms with E-state index in [1.165, 1.54) is 19.3 Å². The molecule has 0 aliphatic carbocycles. The van der Waals surface area contributed by atoms with Gasteiger partial charge in [0.05, 0.1) is 17.7 Å². The normalized spacial score (nSPS) is 12.0. The van der Waals surface area contributed by atoms with Crippen LogP contribution in [-0.2, 0) is 14.8 Å². The third kappa shape index (κ3) is 4.75. The molecule has 8 heteroatoms. The second-order valence-corrected chi connectivity index (χ2v) is 8.60. The van der Waals surface area contributed by atoms with Crippen LogP contribution in [0.4, 0.5) is 0 Å². The van der Waals surface area contributed by atoms with Gasteiger partial charge < -0.3 is 0 Å². The van der Waals surface area contributed by atoms with E-state index in [1.807, 2.05) is 24.3 Å². The van der Waals surface area contributed by atoms with E-state index >= 15 is 0 Å². The summed E-state index contributed by atoms with van der Waals surface area (Å²) in [6.45, 7) is -0.359. The van der Waals surface area contributed by atoms with Gasteiger partial charge in [-0.25, -0.2) is 13.8 Å². The number of halogens is 1. The first-order chi connectivity index (χ1) is 13.4. The molecule has 28 heavy (non-hydrogen) atoms. The number of hydrazone groups is 1. The smallest absolute Gasteiger partial charge is 0.255 e. The first-order valence-electron chi connectivity index (χ1n) is 8.39. The van der Waals surface area contributed by atoms with Crippen molar-refractivity contribution in [2.45, 2.75) is 4.90 Å². The number of benzene rings is 3. The van der Waals surface area contributed by atoms with E-state index in [4.69, 9.17) is 11.6 Å². The number of fused-ring (bicyclic) bond motifs is 1. The van der Waals surface area contributed by atoms with Crippen LogP contribution in [0.25, 0.3) is 10.8 Å².